The molecule has 2 rings (SSSR count). The van der Waals surface area contributed by atoms with E-state index in [-0.39, 0.29) is 5.56 Å². The van der Waals surface area contributed by atoms with E-state index in [9.17, 15) is 4.79 Å². The molecule has 1 saturated carbocycles. The van der Waals surface area contributed by atoms with Gasteiger partial charge in [0.15, 0.2) is 0 Å². The predicted molar refractivity (Wildman–Crippen MR) is 80.6 cm³/mol. The fraction of sp³-hybridized carbons (Fsp3) is 0.688. The normalized spacial score (nSPS) is 27.2. The minimum absolute atomic E-state index is 0.0951. The quantitative estimate of drug-likeness (QED) is 0.901. The molecule has 1 fully saturated rings. The summed E-state index contributed by atoms with van der Waals surface area (Å²) in [7, 11) is 0. The number of anilines is 1. The molecule has 1 aliphatic rings. The number of aromatic nitrogens is 1. The van der Waals surface area contributed by atoms with Gasteiger partial charge in [-0.05, 0) is 43.6 Å². The summed E-state index contributed by atoms with van der Waals surface area (Å²) in [6, 6.07) is 4.14. The highest BCUT2D eigenvalue weighted by molar-refractivity contribution is 5.41. The molecule has 3 heteroatoms. The first-order chi connectivity index (χ1) is 9.10. The van der Waals surface area contributed by atoms with Crippen LogP contribution in [0.2, 0.25) is 0 Å². The summed E-state index contributed by atoms with van der Waals surface area (Å²) >= 11 is 0. The number of hydrogen-bond donors (Lipinski definition) is 1. The molecule has 0 aromatic carbocycles. The van der Waals surface area contributed by atoms with Crippen LogP contribution in [0.4, 0.5) is 5.69 Å². The van der Waals surface area contributed by atoms with Crippen LogP contribution in [-0.4, -0.2) is 10.6 Å². The van der Waals surface area contributed by atoms with Crippen molar-refractivity contribution in [3.05, 3.63) is 28.7 Å². The summed E-state index contributed by atoms with van der Waals surface area (Å²) in [4.78, 5) is 11.7. The molecule has 0 radical (unpaired) electrons. The Morgan fingerprint density at radius 1 is 1.32 bits per heavy atom. The first-order valence-corrected chi connectivity index (χ1v) is 7.57. The van der Waals surface area contributed by atoms with Crippen LogP contribution in [0.1, 0.15) is 46.5 Å². The zero-order valence-corrected chi connectivity index (χ0v) is 12.4. The zero-order chi connectivity index (χ0) is 13.8. The second-order valence-corrected chi connectivity index (χ2v) is 6.10. The molecule has 3 nitrogen and oxygen atoms in total. The maximum Gasteiger partial charge on any atom is 0.250 e. The van der Waals surface area contributed by atoms with Crippen molar-refractivity contribution in [2.45, 2.75) is 59.0 Å². The van der Waals surface area contributed by atoms with Gasteiger partial charge in [0.05, 0.1) is 5.69 Å². The van der Waals surface area contributed by atoms with Crippen LogP contribution in [0.5, 0.6) is 0 Å². The number of aryl methyl sites for hydroxylation is 1. The van der Waals surface area contributed by atoms with Crippen molar-refractivity contribution >= 4 is 5.69 Å². The third kappa shape index (κ3) is 3.62. The van der Waals surface area contributed by atoms with Gasteiger partial charge in [-0.25, -0.2) is 0 Å². The molecule has 0 saturated heterocycles. The van der Waals surface area contributed by atoms with Gasteiger partial charge < -0.3 is 9.88 Å². The van der Waals surface area contributed by atoms with E-state index in [1.807, 2.05) is 12.3 Å². The van der Waals surface area contributed by atoms with Gasteiger partial charge in [0.25, 0.3) is 5.56 Å². The molecule has 106 valence electrons. The Morgan fingerprint density at radius 2 is 2.11 bits per heavy atom. The molecule has 1 N–H and O–H groups in total. The Morgan fingerprint density at radius 3 is 2.79 bits per heavy atom. The number of pyridine rings is 1. The van der Waals surface area contributed by atoms with Crippen molar-refractivity contribution in [1.29, 1.82) is 0 Å². The smallest absolute Gasteiger partial charge is 0.250 e. The minimum atomic E-state index is 0.0951. The third-order valence-electron chi connectivity index (χ3n) is 4.23. The van der Waals surface area contributed by atoms with E-state index in [1.54, 1.807) is 10.6 Å². The lowest BCUT2D eigenvalue weighted by molar-refractivity contribution is 0.276. The van der Waals surface area contributed by atoms with Crippen LogP contribution < -0.4 is 10.9 Å². The van der Waals surface area contributed by atoms with Crippen LogP contribution in [0.3, 0.4) is 0 Å². The Hall–Kier alpha value is -1.25. The molecule has 1 aliphatic carbocycles. The molecule has 1 aromatic rings. The van der Waals surface area contributed by atoms with E-state index < -0.39 is 0 Å². The SMILES string of the molecule is CCCn1cc(NC2CCC(C)CC2C)ccc1=O. The monoisotopic (exact) mass is 262 g/mol. The molecule has 0 aliphatic heterocycles. The molecule has 3 unspecified atom stereocenters. The summed E-state index contributed by atoms with van der Waals surface area (Å²) in [5.74, 6) is 1.55. The largest absolute Gasteiger partial charge is 0.381 e. The van der Waals surface area contributed by atoms with Crippen molar-refractivity contribution < 1.29 is 0 Å². The molecular weight excluding hydrogens is 236 g/mol. The van der Waals surface area contributed by atoms with Crippen molar-refractivity contribution in [3.8, 4) is 0 Å². The minimum Gasteiger partial charge on any atom is -0.381 e. The fourth-order valence-corrected chi connectivity index (χ4v) is 3.13. The molecule has 0 amide bonds. The van der Waals surface area contributed by atoms with Crippen molar-refractivity contribution in [2.24, 2.45) is 11.8 Å². The van der Waals surface area contributed by atoms with Crippen LogP contribution in [0.15, 0.2) is 23.1 Å². The lowest BCUT2D eigenvalue weighted by atomic mass is 9.80. The first-order valence-electron chi connectivity index (χ1n) is 7.57. The van der Waals surface area contributed by atoms with E-state index in [0.717, 1.165) is 24.6 Å². The van der Waals surface area contributed by atoms with Gasteiger partial charge in [0.1, 0.15) is 0 Å². The zero-order valence-electron chi connectivity index (χ0n) is 12.4. The van der Waals surface area contributed by atoms with Crippen molar-refractivity contribution in [3.63, 3.8) is 0 Å². The summed E-state index contributed by atoms with van der Waals surface area (Å²) < 4.78 is 1.80. The molecule has 3 atom stereocenters. The standard InChI is InChI=1S/C16H26N2O/c1-4-9-18-11-14(6-8-16(18)19)17-15-7-5-12(2)10-13(15)3/h6,8,11-13,15,17H,4-5,7,9-10H2,1-3H3. The van der Waals surface area contributed by atoms with Crippen LogP contribution in [0.25, 0.3) is 0 Å². The number of hydrogen-bond acceptors (Lipinski definition) is 2. The Balaban J connectivity index is 2.06. The van der Waals surface area contributed by atoms with Gasteiger partial charge in [-0.3, -0.25) is 4.79 Å². The number of nitrogens with one attached hydrogen (secondary N) is 1. The maximum absolute atomic E-state index is 11.7. The van der Waals surface area contributed by atoms with Gasteiger partial charge >= 0.3 is 0 Å². The maximum atomic E-state index is 11.7. The van der Waals surface area contributed by atoms with E-state index in [1.165, 1.54) is 19.3 Å². The molecule has 1 aromatic heterocycles. The highest BCUT2D eigenvalue weighted by Gasteiger charge is 2.25. The van der Waals surface area contributed by atoms with Gasteiger partial charge in [-0.2, -0.15) is 0 Å². The molecular formula is C16H26N2O. The van der Waals surface area contributed by atoms with Gasteiger partial charge in [0.2, 0.25) is 0 Å². The van der Waals surface area contributed by atoms with E-state index in [0.29, 0.717) is 12.0 Å². The van der Waals surface area contributed by atoms with Crippen LogP contribution in [-0.2, 0) is 6.54 Å². The summed E-state index contributed by atoms with van der Waals surface area (Å²) in [6.07, 6.45) is 6.79. The summed E-state index contributed by atoms with van der Waals surface area (Å²) in [5, 5.41) is 3.62. The van der Waals surface area contributed by atoms with Crippen molar-refractivity contribution in [1.82, 2.24) is 4.57 Å². The van der Waals surface area contributed by atoms with Gasteiger partial charge in [-0.1, -0.05) is 20.8 Å². The van der Waals surface area contributed by atoms with Crippen LogP contribution in [0, 0.1) is 11.8 Å². The van der Waals surface area contributed by atoms with E-state index >= 15 is 0 Å². The van der Waals surface area contributed by atoms with E-state index in [2.05, 4.69) is 26.1 Å². The molecule has 19 heavy (non-hydrogen) atoms. The lowest BCUT2D eigenvalue weighted by Gasteiger charge is -2.33. The Kier molecular flexibility index (Phi) is 4.67. The fourth-order valence-electron chi connectivity index (χ4n) is 3.13. The topological polar surface area (TPSA) is 34.0 Å². The first kappa shape index (κ1) is 14.2. The predicted octanol–water partition coefficient (Wildman–Crippen LogP) is 3.49. The highest BCUT2D eigenvalue weighted by atomic mass is 16.1. The number of rotatable bonds is 4. The van der Waals surface area contributed by atoms with Crippen molar-refractivity contribution in [2.75, 3.05) is 5.32 Å². The number of nitrogens with zero attached hydrogens (tertiary/aromatic N) is 1. The third-order valence-corrected chi connectivity index (χ3v) is 4.23. The van der Waals surface area contributed by atoms with Gasteiger partial charge in [-0.15, -0.1) is 0 Å². The summed E-state index contributed by atoms with van der Waals surface area (Å²) in [6.45, 7) is 7.56. The molecule has 0 bridgehead atoms. The Labute approximate surface area is 116 Å². The van der Waals surface area contributed by atoms with Crippen LogP contribution >= 0.6 is 0 Å². The molecule has 0 spiro atoms. The lowest BCUT2D eigenvalue weighted by Crippen LogP contribution is -2.33. The second kappa shape index (κ2) is 6.27. The average molecular weight is 262 g/mol. The van der Waals surface area contributed by atoms with Gasteiger partial charge in [0, 0.05) is 24.8 Å². The highest BCUT2D eigenvalue weighted by Crippen LogP contribution is 2.30. The summed E-state index contributed by atoms with van der Waals surface area (Å²) in [5.41, 5.74) is 1.18. The Bertz CT molecular complexity index is 466. The second-order valence-electron chi connectivity index (χ2n) is 6.10. The average Bonchev–Trinajstić information content (AvgIpc) is 2.37. The molecule has 1 heterocycles. The van der Waals surface area contributed by atoms with E-state index in [4.69, 9.17) is 0 Å².